The maximum Gasteiger partial charge on any atom is 0.307 e. The predicted octanol–water partition coefficient (Wildman–Crippen LogP) is 12.3. The minimum absolute atomic E-state index is 0.125. The molecule has 1 heterocycles. The molecule has 1 aliphatic rings. The summed E-state index contributed by atoms with van der Waals surface area (Å²) in [7, 11) is 3.61. The van der Waals surface area contributed by atoms with Crippen LogP contribution in [-0.4, -0.2) is 60.3 Å². The first-order valence-corrected chi connectivity index (χ1v) is 23.3. The Kier molecular flexibility index (Phi) is 32.8. The third kappa shape index (κ3) is 30.5. The largest absolute Gasteiger partial charge is 0.466 e. The monoisotopic (exact) mass is 739 g/mol. The second-order valence-corrected chi connectivity index (χ2v) is 17.3. The van der Waals surface area contributed by atoms with Gasteiger partial charge in [0.05, 0.1) is 26.1 Å². The maximum absolute atomic E-state index is 12.5. The van der Waals surface area contributed by atoms with Crippen LogP contribution in [0.25, 0.3) is 0 Å². The van der Waals surface area contributed by atoms with Crippen LogP contribution in [0.3, 0.4) is 0 Å². The lowest BCUT2D eigenvalue weighted by atomic mass is 10.1. The Morgan fingerprint density at radius 2 is 0.980 bits per heavy atom. The molecule has 1 aliphatic heterocycles. The summed E-state index contributed by atoms with van der Waals surface area (Å²) >= 11 is 0. The van der Waals surface area contributed by atoms with Gasteiger partial charge in [-0.15, -0.1) is 0 Å². The second kappa shape index (κ2) is 34.9. The highest BCUT2D eigenvalue weighted by atomic mass is 33.1. The molecule has 292 valence electrons. The molecule has 0 aromatic rings. The van der Waals surface area contributed by atoms with E-state index in [-0.39, 0.29) is 16.8 Å². The lowest BCUT2D eigenvalue weighted by Gasteiger charge is -2.27. The van der Waals surface area contributed by atoms with Gasteiger partial charge in [0, 0.05) is 25.4 Å². The number of nitrogens with zero attached hydrogens (tertiary/aromatic N) is 1. The fourth-order valence-electron chi connectivity index (χ4n) is 6.18. The molecule has 1 atom stereocenters. The molecule has 0 aromatic carbocycles. The summed E-state index contributed by atoms with van der Waals surface area (Å²) in [6, 6.07) is 0. The van der Waals surface area contributed by atoms with Gasteiger partial charge in [-0.1, -0.05) is 183 Å². The summed E-state index contributed by atoms with van der Waals surface area (Å²) in [6.07, 6.45) is 40.0. The number of hydrogen-bond donors (Lipinski definition) is 1. The fourth-order valence-corrected chi connectivity index (χ4v) is 8.61. The van der Waals surface area contributed by atoms with Crippen molar-refractivity contribution in [1.29, 1.82) is 0 Å². The molecule has 0 aromatic heterocycles. The van der Waals surface area contributed by atoms with Gasteiger partial charge in [0.1, 0.15) is 4.87 Å². The number of allylic oxidation sites excluding steroid dienone is 2. The Hall–Kier alpha value is -1.12. The van der Waals surface area contributed by atoms with Crippen LogP contribution in [0.15, 0.2) is 24.4 Å². The van der Waals surface area contributed by atoms with Gasteiger partial charge in [-0.25, -0.2) is 0 Å². The number of carbonyl (C=O) groups excluding carboxylic acids is 2. The Morgan fingerprint density at radius 1 is 0.580 bits per heavy atom. The van der Waals surface area contributed by atoms with E-state index < -0.39 is 0 Å². The molecule has 0 aliphatic carbocycles. The minimum atomic E-state index is -0.134. The highest BCUT2D eigenvalue weighted by Crippen LogP contribution is 2.36. The number of carbonyl (C=O) groups is 2. The van der Waals surface area contributed by atoms with Gasteiger partial charge in [-0.3, -0.25) is 9.59 Å². The summed E-state index contributed by atoms with van der Waals surface area (Å²) in [5.41, 5.74) is 0. The van der Waals surface area contributed by atoms with Crippen LogP contribution in [0.1, 0.15) is 188 Å². The molecule has 1 N–H and O–H groups in total. The van der Waals surface area contributed by atoms with E-state index in [4.69, 9.17) is 9.47 Å². The number of ether oxygens (including phenoxy) is 2. The van der Waals surface area contributed by atoms with Crippen molar-refractivity contribution in [1.82, 2.24) is 10.2 Å². The summed E-state index contributed by atoms with van der Waals surface area (Å²) in [5, 5.41) is 3.40. The Bertz CT molecular complexity index is 810. The molecule has 1 unspecified atom stereocenters. The summed E-state index contributed by atoms with van der Waals surface area (Å²) in [5.74, 6) is 0.636. The fraction of sp³-hybridized carbons (Fsp3) is 0.857. The van der Waals surface area contributed by atoms with E-state index >= 15 is 0 Å². The van der Waals surface area contributed by atoms with E-state index in [0.29, 0.717) is 39.1 Å². The van der Waals surface area contributed by atoms with Gasteiger partial charge in [-0.2, -0.15) is 0 Å². The first kappa shape index (κ1) is 46.9. The Balaban J connectivity index is 2.20. The van der Waals surface area contributed by atoms with Crippen LogP contribution < -0.4 is 5.32 Å². The molecule has 0 saturated carbocycles. The van der Waals surface area contributed by atoms with Crippen LogP contribution in [0.5, 0.6) is 0 Å². The first-order chi connectivity index (χ1) is 24.5. The van der Waals surface area contributed by atoms with Crippen LogP contribution in [-0.2, 0) is 19.1 Å². The first-order valence-electron chi connectivity index (χ1n) is 21.0. The number of esters is 2. The molecule has 8 heteroatoms. The molecular weight excluding hydrogens is 661 g/mol. The van der Waals surface area contributed by atoms with Crippen molar-refractivity contribution in [3.63, 3.8) is 0 Å². The van der Waals surface area contributed by atoms with Crippen molar-refractivity contribution in [2.24, 2.45) is 0 Å². The van der Waals surface area contributed by atoms with Crippen molar-refractivity contribution in [2.45, 2.75) is 193 Å². The normalized spacial score (nSPS) is 15.4. The van der Waals surface area contributed by atoms with Gasteiger partial charge in [0.2, 0.25) is 0 Å². The predicted molar refractivity (Wildman–Crippen MR) is 220 cm³/mol. The van der Waals surface area contributed by atoms with E-state index in [1.165, 1.54) is 128 Å². The lowest BCUT2D eigenvalue weighted by molar-refractivity contribution is -0.144. The Labute approximate surface area is 317 Å². The maximum atomic E-state index is 12.5. The quantitative estimate of drug-likeness (QED) is 0.0384. The molecule has 0 amide bonds. The standard InChI is InChI=1S/C42H78N2O4S2/c1-4-6-8-10-12-14-16-18-20-22-24-28-37-47-40(45)30-34-44(36-39-49-50-42(3)32-26-27-33-43-42)35-31-41(46)48-38-29-25-23-21-19-17-15-13-11-9-7-5-2/h26-27,32-33,43H,4-25,28-31,34-39H2,1-3H3. The van der Waals surface area contributed by atoms with Gasteiger partial charge in [0.25, 0.3) is 0 Å². The zero-order valence-electron chi connectivity index (χ0n) is 32.8. The third-order valence-corrected chi connectivity index (χ3v) is 12.5. The highest BCUT2D eigenvalue weighted by molar-refractivity contribution is 8.77. The summed E-state index contributed by atoms with van der Waals surface area (Å²) in [6.45, 7) is 9.76. The van der Waals surface area contributed by atoms with Gasteiger partial charge >= 0.3 is 11.9 Å². The van der Waals surface area contributed by atoms with Crippen molar-refractivity contribution in [3.8, 4) is 0 Å². The average molecular weight is 739 g/mol. The van der Waals surface area contributed by atoms with Crippen molar-refractivity contribution in [2.75, 3.05) is 38.6 Å². The van der Waals surface area contributed by atoms with Crippen LogP contribution in [0.2, 0.25) is 0 Å². The number of nitrogens with one attached hydrogen (secondary N) is 1. The van der Waals surface area contributed by atoms with Crippen LogP contribution >= 0.6 is 21.6 Å². The summed E-state index contributed by atoms with van der Waals surface area (Å²) in [4.78, 5) is 27.2. The molecule has 6 nitrogen and oxygen atoms in total. The molecule has 0 fully saturated rings. The van der Waals surface area contributed by atoms with Gasteiger partial charge in [0.15, 0.2) is 0 Å². The third-order valence-electron chi connectivity index (χ3n) is 9.50. The molecule has 0 bridgehead atoms. The highest BCUT2D eigenvalue weighted by Gasteiger charge is 2.21. The number of rotatable bonds is 37. The number of dihydropyridines is 1. The molecule has 0 radical (unpaired) electrons. The molecule has 1 rings (SSSR count). The topological polar surface area (TPSA) is 67.9 Å². The lowest BCUT2D eigenvalue weighted by Crippen LogP contribution is -2.34. The van der Waals surface area contributed by atoms with Crippen molar-refractivity contribution < 1.29 is 19.1 Å². The van der Waals surface area contributed by atoms with E-state index in [2.05, 4.69) is 43.1 Å². The van der Waals surface area contributed by atoms with E-state index in [1.807, 2.05) is 23.1 Å². The van der Waals surface area contributed by atoms with E-state index in [0.717, 1.165) is 38.0 Å². The molecular formula is C42H78N2O4S2. The molecule has 0 spiro atoms. The van der Waals surface area contributed by atoms with Gasteiger partial charge in [-0.05, 0) is 38.1 Å². The van der Waals surface area contributed by atoms with E-state index in [9.17, 15) is 9.59 Å². The second-order valence-electron chi connectivity index (χ2n) is 14.4. The summed E-state index contributed by atoms with van der Waals surface area (Å²) < 4.78 is 11.1. The Morgan fingerprint density at radius 3 is 1.36 bits per heavy atom. The van der Waals surface area contributed by atoms with Crippen LogP contribution in [0.4, 0.5) is 0 Å². The average Bonchev–Trinajstić information content (AvgIpc) is 3.11. The minimum Gasteiger partial charge on any atom is -0.466 e. The number of unbranched alkanes of at least 4 members (excludes halogenated alkanes) is 22. The smallest absolute Gasteiger partial charge is 0.307 e. The van der Waals surface area contributed by atoms with Crippen LogP contribution in [0, 0.1) is 0 Å². The molecule has 0 saturated heterocycles. The number of hydrogen-bond acceptors (Lipinski definition) is 8. The van der Waals surface area contributed by atoms with E-state index in [1.54, 1.807) is 10.8 Å². The zero-order valence-corrected chi connectivity index (χ0v) is 34.5. The van der Waals surface area contributed by atoms with Crippen molar-refractivity contribution >= 4 is 33.5 Å². The zero-order chi connectivity index (χ0) is 36.2. The van der Waals surface area contributed by atoms with Gasteiger partial charge < -0.3 is 19.7 Å². The molecule has 50 heavy (non-hydrogen) atoms. The van der Waals surface area contributed by atoms with Crippen molar-refractivity contribution in [3.05, 3.63) is 24.4 Å². The SMILES string of the molecule is CCCCCCCCCCCCCCOC(=O)CCN(CCSSC1(C)C=CC=CN1)CCC(=O)OCCCCCCCCCCCCCC.